The predicted octanol–water partition coefficient (Wildman–Crippen LogP) is 2.20. The number of alkyl halides is 3. The van der Waals surface area contributed by atoms with E-state index in [1.54, 1.807) is 6.20 Å². The van der Waals surface area contributed by atoms with Gasteiger partial charge in [0.1, 0.15) is 17.0 Å². The van der Waals surface area contributed by atoms with E-state index in [4.69, 9.17) is 11.6 Å². The number of hydrogen-bond acceptors (Lipinski definition) is 4. The summed E-state index contributed by atoms with van der Waals surface area (Å²) in [7, 11) is 0. The van der Waals surface area contributed by atoms with Gasteiger partial charge in [0.2, 0.25) is 0 Å². The summed E-state index contributed by atoms with van der Waals surface area (Å²) in [5, 5.41) is 0.281. The van der Waals surface area contributed by atoms with Crippen molar-refractivity contribution in [2.45, 2.75) is 19.1 Å². The first kappa shape index (κ1) is 14.3. The Balaban J connectivity index is 1.96. The predicted molar refractivity (Wildman–Crippen MR) is 66.3 cm³/mol. The van der Waals surface area contributed by atoms with E-state index >= 15 is 0 Å². The molecule has 1 unspecified atom stereocenters. The second-order valence-electron chi connectivity index (χ2n) is 4.44. The molecule has 19 heavy (non-hydrogen) atoms. The second kappa shape index (κ2) is 5.50. The van der Waals surface area contributed by atoms with Crippen LogP contribution in [0.4, 0.5) is 19.0 Å². The molecule has 2 heterocycles. The van der Waals surface area contributed by atoms with Crippen molar-refractivity contribution in [3.8, 4) is 0 Å². The fraction of sp³-hybridized carbons (Fsp3) is 0.636. The molecule has 1 saturated heterocycles. The van der Waals surface area contributed by atoms with Crippen LogP contribution >= 0.6 is 11.6 Å². The molecule has 4 nitrogen and oxygen atoms in total. The van der Waals surface area contributed by atoms with Crippen molar-refractivity contribution in [3.63, 3.8) is 0 Å². The molecule has 1 aromatic heterocycles. The molecule has 1 fully saturated rings. The van der Waals surface area contributed by atoms with Crippen molar-refractivity contribution in [2.24, 2.45) is 0 Å². The van der Waals surface area contributed by atoms with Gasteiger partial charge in [-0.1, -0.05) is 11.6 Å². The minimum atomic E-state index is -4.18. The van der Waals surface area contributed by atoms with Gasteiger partial charge in [-0.2, -0.15) is 13.2 Å². The largest absolute Gasteiger partial charge is 0.403 e. The summed E-state index contributed by atoms with van der Waals surface area (Å²) >= 11 is 5.74. The van der Waals surface area contributed by atoms with E-state index in [1.807, 2.05) is 4.90 Å². The molecule has 8 heteroatoms. The summed E-state index contributed by atoms with van der Waals surface area (Å²) in [4.78, 5) is 11.3. The zero-order valence-corrected chi connectivity index (χ0v) is 11.1. The van der Waals surface area contributed by atoms with Crippen molar-refractivity contribution in [1.82, 2.24) is 14.9 Å². The Bertz CT molecular complexity index is 432. The molecule has 1 atom stereocenters. The summed E-state index contributed by atoms with van der Waals surface area (Å²) in [6, 6.07) is -1.42. The molecule has 1 aromatic rings. The lowest BCUT2D eigenvalue weighted by molar-refractivity contribution is -0.179. The average molecular weight is 295 g/mol. The number of nitrogens with zero attached hydrogens (tertiary/aromatic N) is 4. The molecule has 0 N–H and O–H groups in total. The van der Waals surface area contributed by atoms with Crippen LogP contribution in [0.2, 0.25) is 5.15 Å². The molecule has 1 aliphatic rings. The fourth-order valence-electron chi connectivity index (χ4n) is 2.03. The zero-order chi connectivity index (χ0) is 14.0. The lowest BCUT2D eigenvalue weighted by Gasteiger charge is -2.38. The Kier molecular flexibility index (Phi) is 4.15. The van der Waals surface area contributed by atoms with Gasteiger partial charge in [-0.25, -0.2) is 4.98 Å². The van der Waals surface area contributed by atoms with Crippen molar-refractivity contribution >= 4 is 17.4 Å². The Morgan fingerprint density at radius 3 is 2.37 bits per heavy atom. The Morgan fingerprint density at radius 2 is 1.84 bits per heavy atom. The van der Waals surface area contributed by atoms with Gasteiger partial charge >= 0.3 is 6.18 Å². The molecule has 0 bridgehead atoms. The van der Waals surface area contributed by atoms with Gasteiger partial charge in [0, 0.05) is 26.2 Å². The molecule has 0 amide bonds. The lowest BCUT2D eigenvalue weighted by atomic mass is 10.2. The van der Waals surface area contributed by atoms with Crippen LogP contribution in [0.3, 0.4) is 0 Å². The van der Waals surface area contributed by atoms with Gasteiger partial charge in [-0.05, 0) is 6.92 Å². The summed E-state index contributed by atoms with van der Waals surface area (Å²) in [5.41, 5.74) is 0. The standard InChI is InChI=1S/C11H14ClF3N4/c1-8(11(13,14)15)18-2-4-19(5-3-18)10-7-16-6-9(12)17-10/h6-8H,2-5H2,1H3. The van der Waals surface area contributed by atoms with Crippen molar-refractivity contribution in [3.05, 3.63) is 17.5 Å². The normalized spacial score (nSPS) is 19.5. The van der Waals surface area contributed by atoms with Crippen LogP contribution in [0, 0.1) is 0 Å². The molecular formula is C11H14ClF3N4. The van der Waals surface area contributed by atoms with Crippen molar-refractivity contribution in [2.75, 3.05) is 31.1 Å². The van der Waals surface area contributed by atoms with Gasteiger partial charge in [0.25, 0.3) is 0 Å². The van der Waals surface area contributed by atoms with Gasteiger partial charge in [-0.15, -0.1) is 0 Å². The maximum Gasteiger partial charge on any atom is 0.403 e. The second-order valence-corrected chi connectivity index (χ2v) is 4.83. The molecule has 0 aliphatic carbocycles. The number of rotatable bonds is 2. The molecule has 0 saturated carbocycles. The maximum atomic E-state index is 12.6. The molecule has 106 valence electrons. The first-order valence-electron chi connectivity index (χ1n) is 5.91. The van der Waals surface area contributed by atoms with E-state index in [0.717, 1.165) is 0 Å². The van der Waals surface area contributed by atoms with Crippen LogP contribution in [0.25, 0.3) is 0 Å². The van der Waals surface area contributed by atoms with E-state index in [0.29, 0.717) is 32.0 Å². The Hall–Kier alpha value is -1.08. The van der Waals surface area contributed by atoms with E-state index in [9.17, 15) is 13.2 Å². The SMILES string of the molecule is CC(N1CCN(c2cncc(Cl)n2)CC1)C(F)(F)F. The number of aromatic nitrogens is 2. The minimum absolute atomic E-state index is 0.281. The van der Waals surface area contributed by atoms with Crippen LogP contribution in [0.1, 0.15) is 6.92 Å². The quantitative estimate of drug-likeness (QED) is 0.837. The molecule has 1 aliphatic heterocycles. The van der Waals surface area contributed by atoms with Crippen LogP contribution < -0.4 is 4.90 Å². The highest BCUT2D eigenvalue weighted by atomic mass is 35.5. The van der Waals surface area contributed by atoms with Gasteiger partial charge in [0.15, 0.2) is 0 Å². The van der Waals surface area contributed by atoms with Gasteiger partial charge in [0.05, 0.1) is 12.4 Å². The smallest absolute Gasteiger partial charge is 0.353 e. The third-order valence-electron chi connectivity index (χ3n) is 3.25. The molecule has 0 radical (unpaired) electrons. The molecule has 0 spiro atoms. The maximum absolute atomic E-state index is 12.6. The summed E-state index contributed by atoms with van der Waals surface area (Å²) < 4.78 is 37.8. The first-order chi connectivity index (χ1) is 8.88. The van der Waals surface area contributed by atoms with Gasteiger partial charge in [-0.3, -0.25) is 9.88 Å². The average Bonchev–Trinajstić information content (AvgIpc) is 2.37. The highest BCUT2D eigenvalue weighted by molar-refractivity contribution is 6.29. The number of hydrogen-bond donors (Lipinski definition) is 0. The van der Waals surface area contributed by atoms with E-state index in [-0.39, 0.29) is 5.15 Å². The number of piperazine rings is 1. The third kappa shape index (κ3) is 3.48. The molecule has 0 aromatic carbocycles. The highest BCUT2D eigenvalue weighted by Gasteiger charge is 2.40. The Labute approximate surface area is 114 Å². The van der Waals surface area contributed by atoms with Crippen LogP contribution in [0.15, 0.2) is 12.4 Å². The summed E-state index contributed by atoms with van der Waals surface area (Å²) in [6.07, 6.45) is -1.19. The van der Waals surface area contributed by atoms with E-state index in [2.05, 4.69) is 9.97 Å². The number of anilines is 1. The lowest BCUT2D eigenvalue weighted by Crippen LogP contribution is -2.53. The van der Waals surface area contributed by atoms with Crippen molar-refractivity contribution in [1.29, 1.82) is 0 Å². The van der Waals surface area contributed by atoms with Crippen LogP contribution in [0.5, 0.6) is 0 Å². The Morgan fingerprint density at radius 1 is 1.21 bits per heavy atom. The van der Waals surface area contributed by atoms with Crippen molar-refractivity contribution < 1.29 is 13.2 Å². The third-order valence-corrected chi connectivity index (χ3v) is 3.43. The zero-order valence-electron chi connectivity index (χ0n) is 10.4. The monoisotopic (exact) mass is 294 g/mol. The van der Waals surface area contributed by atoms with Crippen LogP contribution in [-0.2, 0) is 0 Å². The summed E-state index contributed by atoms with van der Waals surface area (Å²) in [6.45, 7) is 2.84. The van der Waals surface area contributed by atoms with E-state index < -0.39 is 12.2 Å². The topological polar surface area (TPSA) is 32.3 Å². The molecular weight excluding hydrogens is 281 g/mol. The summed E-state index contributed by atoms with van der Waals surface area (Å²) in [5.74, 6) is 0.604. The highest BCUT2D eigenvalue weighted by Crippen LogP contribution is 2.26. The van der Waals surface area contributed by atoms with Crippen LogP contribution in [-0.4, -0.2) is 53.3 Å². The first-order valence-corrected chi connectivity index (χ1v) is 6.29. The van der Waals surface area contributed by atoms with E-state index in [1.165, 1.54) is 18.0 Å². The minimum Gasteiger partial charge on any atom is -0.353 e. The number of halogens is 4. The fourth-order valence-corrected chi connectivity index (χ4v) is 2.17. The molecule has 2 rings (SSSR count). The van der Waals surface area contributed by atoms with Gasteiger partial charge < -0.3 is 4.90 Å².